The molecule has 0 rings (SSSR count). The second-order valence-corrected chi connectivity index (χ2v) is 3.52. The van der Waals surface area contributed by atoms with E-state index in [2.05, 4.69) is 5.32 Å². The third-order valence-electron chi connectivity index (χ3n) is 1.89. The Morgan fingerprint density at radius 3 is 2.43 bits per heavy atom. The number of carbonyl (C=O) groups excluding carboxylic acids is 1. The van der Waals surface area contributed by atoms with Crippen molar-refractivity contribution in [1.82, 2.24) is 5.32 Å². The first-order valence-electron chi connectivity index (χ1n) is 4.59. The van der Waals surface area contributed by atoms with Gasteiger partial charge in [0, 0.05) is 20.1 Å². The lowest BCUT2D eigenvalue weighted by Crippen LogP contribution is -2.51. The summed E-state index contributed by atoms with van der Waals surface area (Å²) < 4.78 is 4.80. The molecule has 1 amide bonds. The van der Waals surface area contributed by atoms with E-state index in [9.17, 15) is 4.79 Å². The molecule has 0 aliphatic rings. The molecule has 0 bridgehead atoms. The van der Waals surface area contributed by atoms with E-state index in [-0.39, 0.29) is 19.1 Å². The Balaban J connectivity index is 3.80. The van der Waals surface area contributed by atoms with Gasteiger partial charge >= 0.3 is 0 Å². The summed E-state index contributed by atoms with van der Waals surface area (Å²) in [7, 11) is 1.57. The molecule has 84 valence electrons. The SMILES string of the molecule is COCCCC(=O)NC(C)(CO)CO. The molecular formula is C9H19NO4. The van der Waals surface area contributed by atoms with Crippen molar-refractivity contribution in [1.29, 1.82) is 0 Å². The molecule has 0 saturated heterocycles. The van der Waals surface area contributed by atoms with E-state index >= 15 is 0 Å². The van der Waals surface area contributed by atoms with Gasteiger partial charge in [-0.1, -0.05) is 0 Å². The summed E-state index contributed by atoms with van der Waals surface area (Å²) in [5.41, 5.74) is -0.926. The molecule has 0 atom stereocenters. The maximum absolute atomic E-state index is 11.3. The minimum Gasteiger partial charge on any atom is -0.394 e. The summed E-state index contributed by atoms with van der Waals surface area (Å²) in [5.74, 6) is -0.187. The van der Waals surface area contributed by atoms with Gasteiger partial charge in [0.15, 0.2) is 0 Å². The summed E-state index contributed by atoms with van der Waals surface area (Å²) in [5, 5.41) is 20.4. The summed E-state index contributed by atoms with van der Waals surface area (Å²) >= 11 is 0. The van der Waals surface area contributed by atoms with Crippen LogP contribution in [0.25, 0.3) is 0 Å². The first kappa shape index (κ1) is 13.4. The van der Waals surface area contributed by atoms with Gasteiger partial charge in [-0.15, -0.1) is 0 Å². The molecule has 0 heterocycles. The Bertz CT molecular complexity index is 168. The fourth-order valence-electron chi connectivity index (χ4n) is 0.905. The van der Waals surface area contributed by atoms with Crippen LogP contribution >= 0.6 is 0 Å². The van der Waals surface area contributed by atoms with E-state index in [4.69, 9.17) is 14.9 Å². The van der Waals surface area contributed by atoms with Gasteiger partial charge in [-0.2, -0.15) is 0 Å². The topological polar surface area (TPSA) is 78.8 Å². The molecule has 14 heavy (non-hydrogen) atoms. The van der Waals surface area contributed by atoms with Crippen molar-refractivity contribution in [3.63, 3.8) is 0 Å². The van der Waals surface area contributed by atoms with E-state index in [0.717, 1.165) is 0 Å². The van der Waals surface area contributed by atoms with E-state index < -0.39 is 5.54 Å². The summed E-state index contributed by atoms with van der Waals surface area (Å²) in [6.07, 6.45) is 0.971. The zero-order valence-electron chi connectivity index (χ0n) is 8.75. The molecule has 0 aliphatic carbocycles. The molecule has 3 N–H and O–H groups in total. The second-order valence-electron chi connectivity index (χ2n) is 3.52. The number of amides is 1. The van der Waals surface area contributed by atoms with Crippen molar-refractivity contribution in [2.45, 2.75) is 25.3 Å². The van der Waals surface area contributed by atoms with Crippen LogP contribution in [0, 0.1) is 0 Å². The van der Waals surface area contributed by atoms with Crippen LogP contribution in [-0.4, -0.2) is 48.6 Å². The zero-order valence-corrected chi connectivity index (χ0v) is 8.75. The number of ether oxygens (including phenoxy) is 1. The highest BCUT2D eigenvalue weighted by molar-refractivity contribution is 5.76. The van der Waals surface area contributed by atoms with Gasteiger partial charge in [0.25, 0.3) is 0 Å². The van der Waals surface area contributed by atoms with Crippen molar-refractivity contribution in [3.05, 3.63) is 0 Å². The molecule has 0 aromatic carbocycles. The molecule has 0 unspecified atom stereocenters. The number of hydrogen-bond acceptors (Lipinski definition) is 4. The number of nitrogens with one attached hydrogen (secondary N) is 1. The van der Waals surface area contributed by atoms with Crippen LogP contribution in [-0.2, 0) is 9.53 Å². The highest BCUT2D eigenvalue weighted by Gasteiger charge is 2.23. The molecule has 0 spiro atoms. The molecule has 0 radical (unpaired) electrons. The smallest absolute Gasteiger partial charge is 0.220 e. The van der Waals surface area contributed by atoms with Gasteiger partial charge in [0.05, 0.1) is 18.8 Å². The number of rotatable bonds is 7. The summed E-state index contributed by atoms with van der Waals surface area (Å²) in [4.78, 5) is 11.3. The van der Waals surface area contributed by atoms with Crippen LogP contribution in [0.2, 0.25) is 0 Å². The lowest BCUT2D eigenvalue weighted by molar-refractivity contribution is -0.124. The Kier molecular flexibility index (Phi) is 6.44. The molecule has 0 aromatic heterocycles. The van der Waals surface area contributed by atoms with Crippen molar-refractivity contribution in [2.75, 3.05) is 26.9 Å². The molecule has 0 saturated carbocycles. The van der Waals surface area contributed by atoms with Crippen molar-refractivity contribution < 1.29 is 19.7 Å². The normalized spacial score (nSPS) is 11.4. The minimum absolute atomic E-state index is 0.187. The fourth-order valence-corrected chi connectivity index (χ4v) is 0.905. The molecule has 5 heteroatoms. The maximum atomic E-state index is 11.3. The number of aliphatic hydroxyl groups excluding tert-OH is 2. The van der Waals surface area contributed by atoms with Crippen molar-refractivity contribution in [2.24, 2.45) is 0 Å². The Labute approximate surface area is 84.1 Å². The molecule has 0 fully saturated rings. The predicted octanol–water partition coefficient (Wildman–Crippen LogP) is -0.727. The monoisotopic (exact) mass is 205 g/mol. The average Bonchev–Trinajstić information content (AvgIpc) is 2.18. The Hall–Kier alpha value is -0.650. The van der Waals surface area contributed by atoms with Crippen LogP contribution in [0.5, 0.6) is 0 Å². The molecule has 0 aromatic rings. The van der Waals surface area contributed by atoms with E-state index in [1.54, 1.807) is 14.0 Å². The Morgan fingerprint density at radius 1 is 1.43 bits per heavy atom. The third-order valence-corrected chi connectivity index (χ3v) is 1.89. The Morgan fingerprint density at radius 2 is 2.00 bits per heavy atom. The van der Waals surface area contributed by atoms with E-state index in [1.165, 1.54) is 0 Å². The largest absolute Gasteiger partial charge is 0.394 e. The van der Waals surface area contributed by atoms with Crippen LogP contribution in [0.4, 0.5) is 0 Å². The predicted molar refractivity (Wildman–Crippen MR) is 51.8 cm³/mol. The highest BCUT2D eigenvalue weighted by Crippen LogP contribution is 2.02. The lowest BCUT2D eigenvalue weighted by atomic mass is 10.1. The first-order valence-corrected chi connectivity index (χ1v) is 4.59. The van der Waals surface area contributed by atoms with Gasteiger partial charge in [-0.05, 0) is 13.3 Å². The van der Waals surface area contributed by atoms with Crippen LogP contribution in [0.15, 0.2) is 0 Å². The summed E-state index contributed by atoms with van der Waals surface area (Å²) in [6.45, 7) is 1.56. The van der Waals surface area contributed by atoms with Crippen molar-refractivity contribution in [3.8, 4) is 0 Å². The van der Waals surface area contributed by atoms with Gasteiger partial charge in [0.2, 0.25) is 5.91 Å². The second kappa shape index (κ2) is 6.75. The maximum Gasteiger partial charge on any atom is 0.220 e. The zero-order chi connectivity index (χ0) is 11.0. The standard InChI is InChI=1S/C9H19NO4/c1-9(6-11,7-12)10-8(13)4-3-5-14-2/h11-12H,3-7H2,1-2H3,(H,10,13). The van der Waals surface area contributed by atoms with E-state index in [1.807, 2.05) is 0 Å². The number of hydrogen-bond donors (Lipinski definition) is 3. The number of methoxy groups -OCH3 is 1. The fraction of sp³-hybridized carbons (Fsp3) is 0.889. The molecule has 0 aliphatic heterocycles. The quantitative estimate of drug-likeness (QED) is 0.479. The highest BCUT2D eigenvalue weighted by atomic mass is 16.5. The average molecular weight is 205 g/mol. The number of aliphatic hydroxyl groups is 2. The van der Waals surface area contributed by atoms with Gasteiger partial charge in [0.1, 0.15) is 0 Å². The van der Waals surface area contributed by atoms with Gasteiger partial charge < -0.3 is 20.3 Å². The van der Waals surface area contributed by atoms with Crippen LogP contribution < -0.4 is 5.32 Å². The lowest BCUT2D eigenvalue weighted by Gasteiger charge is -2.26. The van der Waals surface area contributed by atoms with Gasteiger partial charge in [-0.3, -0.25) is 4.79 Å². The molecular weight excluding hydrogens is 186 g/mol. The number of carbonyl (C=O) groups is 1. The van der Waals surface area contributed by atoms with Crippen LogP contribution in [0.1, 0.15) is 19.8 Å². The first-order chi connectivity index (χ1) is 6.58. The van der Waals surface area contributed by atoms with Crippen LogP contribution in [0.3, 0.4) is 0 Å². The summed E-state index contributed by atoms with van der Waals surface area (Å²) in [6, 6.07) is 0. The minimum atomic E-state index is -0.926. The van der Waals surface area contributed by atoms with E-state index in [0.29, 0.717) is 19.4 Å². The molecule has 5 nitrogen and oxygen atoms in total. The third kappa shape index (κ3) is 5.16. The van der Waals surface area contributed by atoms with Crippen molar-refractivity contribution >= 4 is 5.91 Å². The van der Waals surface area contributed by atoms with Gasteiger partial charge in [-0.25, -0.2) is 0 Å².